The van der Waals surface area contributed by atoms with Crippen molar-refractivity contribution in [3.8, 4) is 12.0 Å². The van der Waals surface area contributed by atoms with E-state index in [4.69, 9.17) is 9.47 Å². The third-order valence-corrected chi connectivity index (χ3v) is 2.33. The monoisotopic (exact) mass is 261 g/mol. The Morgan fingerprint density at radius 2 is 1.68 bits per heavy atom. The maximum atomic E-state index is 4.97. The first-order chi connectivity index (χ1) is 9.21. The highest BCUT2D eigenvalue weighted by Gasteiger charge is 2.06. The Morgan fingerprint density at radius 3 is 2.26 bits per heavy atom. The van der Waals surface area contributed by atoms with Crippen molar-refractivity contribution in [3.63, 3.8) is 0 Å². The van der Waals surface area contributed by atoms with Crippen LogP contribution in [0.4, 0.5) is 5.95 Å². The van der Waals surface area contributed by atoms with Crippen LogP contribution in [0.1, 0.15) is 11.4 Å². The third kappa shape index (κ3) is 3.51. The molecule has 100 valence electrons. The number of methoxy groups -OCH3 is 2. The molecule has 0 amide bonds. The molecule has 1 N–H and O–H groups in total. The van der Waals surface area contributed by atoms with Crippen LogP contribution in [-0.2, 0) is 6.54 Å². The summed E-state index contributed by atoms with van der Waals surface area (Å²) in [5, 5.41) is 3.05. The number of anilines is 1. The highest BCUT2D eigenvalue weighted by molar-refractivity contribution is 5.28. The first-order valence-electron chi connectivity index (χ1n) is 5.71. The van der Waals surface area contributed by atoms with Gasteiger partial charge in [-0.25, -0.2) is 0 Å². The summed E-state index contributed by atoms with van der Waals surface area (Å²) in [5.41, 5.74) is 1.86. The van der Waals surface area contributed by atoms with Crippen LogP contribution >= 0.6 is 0 Å². The molecule has 7 heteroatoms. The second kappa shape index (κ2) is 5.94. The molecule has 7 nitrogen and oxygen atoms in total. The third-order valence-electron chi connectivity index (χ3n) is 2.33. The highest BCUT2D eigenvalue weighted by Crippen LogP contribution is 2.12. The lowest BCUT2D eigenvalue weighted by molar-refractivity contribution is 0.341. The Balaban J connectivity index is 2.10. The average Bonchev–Trinajstić information content (AvgIpc) is 2.44. The molecule has 0 saturated heterocycles. The molecule has 2 aromatic rings. The Morgan fingerprint density at radius 1 is 1.00 bits per heavy atom. The molecule has 0 fully saturated rings. The van der Waals surface area contributed by atoms with Crippen LogP contribution in [0.3, 0.4) is 0 Å². The van der Waals surface area contributed by atoms with Gasteiger partial charge in [-0.1, -0.05) is 6.07 Å². The predicted molar refractivity (Wildman–Crippen MR) is 69.2 cm³/mol. The largest absolute Gasteiger partial charge is 0.467 e. The standard InChI is InChI=1S/C12H15N5O2/c1-8-5-4-6-9(14-8)7-13-10-15-11(18-2)17-12(16-10)19-3/h4-6H,7H2,1-3H3,(H,13,15,16,17). The van der Waals surface area contributed by atoms with Gasteiger partial charge in [-0.3, -0.25) is 4.98 Å². The van der Waals surface area contributed by atoms with Crippen LogP contribution in [0.2, 0.25) is 0 Å². The van der Waals surface area contributed by atoms with E-state index in [-0.39, 0.29) is 12.0 Å². The fraction of sp³-hybridized carbons (Fsp3) is 0.333. The van der Waals surface area contributed by atoms with Crippen molar-refractivity contribution < 1.29 is 9.47 Å². The van der Waals surface area contributed by atoms with E-state index >= 15 is 0 Å². The van der Waals surface area contributed by atoms with Gasteiger partial charge in [0.1, 0.15) is 0 Å². The van der Waals surface area contributed by atoms with E-state index < -0.39 is 0 Å². The molecule has 0 aliphatic carbocycles. The number of aryl methyl sites for hydroxylation is 1. The zero-order valence-corrected chi connectivity index (χ0v) is 11.0. The quantitative estimate of drug-likeness (QED) is 0.866. The zero-order chi connectivity index (χ0) is 13.7. The fourth-order valence-corrected chi connectivity index (χ4v) is 1.47. The first-order valence-corrected chi connectivity index (χ1v) is 5.71. The summed E-state index contributed by atoms with van der Waals surface area (Å²) >= 11 is 0. The number of hydrogen-bond donors (Lipinski definition) is 1. The van der Waals surface area contributed by atoms with Crippen molar-refractivity contribution in [1.29, 1.82) is 0 Å². The maximum Gasteiger partial charge on any atom is 0.324 e. The van der Waals surface area contributed by atoms with E-state index in [9.17, 15) is 0 Å². The van der Waals surface area contributed by atoms with Crippen molar-refractivity contribution in [3.05, 3.63) is 29.6 Å². The molecule has 0 bridgehead atoms. The van der Waals surface area contributed by atoms with Gasteiger partial charge in [-0.15, -0.1) is 4.98 Å². The summed E-state index contributed by atoms with van der Waals surface area (Å²) in [5.74, 6) is 0.381. The van der Waals surface area contributed by atoms with Gasteiger partial charge in [0.2, 0.25) is 5.95 Å². The Labute approximate surface area is 111 Å². The minimum atomic E-state index is 0.201. The molecule has 0 aliphatic rings. The molecule has 2 rings (SSSR count). The van der Waals surface area contributed by atoms with Gasteiger partial charge in [-0.2, -0.15) is 9.97 Å². The van der Waals surface area contributed by atoms with Crippen molar-refractivity contribution >= 4 is 5.95 Å². The van der Waals surface area contributed by atoms with Crippen LogP contribution in [0.5, 0.6) is 12.0 Å². The summed E-state index contributed by atoms with van der Waals surface area (Å²) in [4.78, 5) is 16.4. The molecule has 2 heterocycles. The number of rotatable bonds is 5. The van der Waals surface area contributed by atoms with E-state index in [0.717, 1.165) is 11.4 Å². The summed E-state index contributed by atoms with van der Waals surface area (Å²) in [6.45, 7) is 2.45. The van der Waals surface area contributed by atoms with Crippen molar-refractivity contribution in [2.45, 2.75) is 13.5 Å². The molecule has 0 atom stereocenters. The van der Waals surface area contributed by atoms with Crippen molar-refractivity contribution in [1.82, 2.24) is 19.9 Å². The van der Waals surface area contributed by atoms with Crippen molar-refractivity contribution in [2.24, 2.45) is 0 Å². The molecule has 0 unspecified atom stereocenters. The smallest absolute Gasteiger partial charge is 0.324 e. The van der Waals surface area contributed by atoms with E-state index in [1.165, 1.54) is 14.2 Å². The molecule has 0 radical (unpaired) electrons. The van der Waals surface area contributed by atoms with E-state index in [1.54, 1.807) is 0 Å². The first kappa shape index (κ1) is 13.0. The zero-order valence-electron chi connectivity index (χ0n) is 11.0. The highest BCUT2D eigenvalue weighted by atomic mass is 16.5. The number of aromatic nitrogens is 4. The Bertz CT molecular complexity index is 539. The molecular weight excluding hydrogens is 246 g/mol. The molecule has 19 heavy (non-hydrogen) atoms. The van der Waals surface area contributed by atoms with Crippen LogP contribution in [0, 0.1) is 6.92 Å². The van der Waals surface area contributed by atoms with Crippen LogP contribution in [0.15, 0.2) is 18.2 Å². The normalized spacial score (nSPS) is 10.1. The molecular formula is C12H15N5O2. The van der Waals surface area contributed by atoms with E-state index in [0.29, 0.717) is 12.5 Å². The summed E-state index contributed by atoms with van der Waals surface area (Å²) in [6.07, 6.45) is 0. The summed E-state index contributed by atoms with van der Waals surface area (Å²) < 4.78 is 9.94. The lowest BCUT2D eigenvalue weighted by Gasteiger charge is -2.07. The SMILES string of the molecule is COc1nc(NCc2cccc(C)n2)nc(OC)n1. The topological polar surface area (TPSA) is 82.0 Å². The lowest BCUT2D eigenvalue weighted by atomic mass is 10.3. The van der Waals surface area contributed by atoms with E-state index in [1.807, 2.05) is 25.1 Å². The molecule has 0 aromatic carbocycles. The summed E-state index contributed by atoms with van der Waals surface area (Å²) in [6, 6.07) is 6.22. The molecule has 0 saturated carbocycles. The Kier molecular flexibility index (Phi) is 4.07. The van der Waals surface area contributed by atoms with Gasteiger partial charge >= 0.3 is 12.0 Å². The summed E-state index contributed by atoms with van der Waals surface area (Å²) in [7, 11) is 2.97. The van der Waals surface area contributed by atoms with Gasteiger partial charge in [0, 0.05) is 5.69 Å². The van der Waals surface area contributed by atoms with Crippen molar-refractivity contribution in [2.75, 3.05) is 19.5 Å². The van der Waals surface area contributed by atoms with Crippen LogP contribution in [-0.4, -0.2) is 34.2 Å². The van der Waals surface area contributed by atoms with Crippen LogP contribution < -0.4 is 14.8 Å². The number of hydrogen-bond acceptors (Lipinski definition) is 7. The number of pyridine rings is 1. The van der Waals surface area contributed by atoms with Gasteiger partial charge in [0.15, 0.2) is 0 Å². The second-order valence-corrected chi connectivity index (χ2v) is 3.76. The minimum Gasteiger partial charge on any atom is -0.467 e. The Hall–Kier alpha value is -2.44. The fourth-order valence-electron chi connectivity index (χ4n) is 1.47. The second-order valence-electron chi connectivity index (χ2n) is 3.76. The molecule has 2 aromatic heterocycles. The van der Waals surface area contributed by atoms with Crippen LogP contribution in [0.25, 0.3) is 0 Å². The van der Waals surface area contributed by atoms with Gasteiger partial charge in [0.05, 0.1) is 26.5 Å². The van der Waals surface area contributed by atoms with E-state index in [2.05, 4.69) is 25.3 Å². The minimum absolute atomic E-state index is 0.201. The maximum absolute atomic E-state index is 4.97. The van der Waals surface area contributed by atoms with Gasteiger partial charge in [-0.05, 0) is 19.1 Å². The average molecular weight is 261 g/mol. The lowest BCUT2D eigenvalue weighted by Crippen LogP contribution is -2.08. The molecule has 0 aliphatic heterocycles. The predicted octanol–water partition coefficient (Wildman–Crippen LogP) is 1.20. The molecule has 0 spiro atoms. The number of nitrogens with one attached hydrogen (secondary N) is 1. The van der Waals surface area contributed by atoms with Gasteiger partial charge < -0.3 is 14.8 Å². The number of ether oxygens (including phenoxy) is 2. The van der Waals surface area contributed by atoms with Gasteiger partial charge in [0.25, 0.3) is 0 Å². The number of nitrogens with zero attached hydrogens (tertiary/aromatic N) is 4.